The van der Waals surface area contributed by atoms with Crippen LogP contribution in [0.25, 0.3) is 28.1 Å². The smallest absolute Gasteiger partial charge is 0.293 e. The van der Waals surface area contributed by atoms with E-state index in [2.05, 4.69) is 25.5 Å². The third kappa shape index (κ3) is 2.57. The summed E-state index contributed by atoms with van der Waals surface area (Å²) in [5.41, 5.74) is 2.05. The molecule has 0 aliphatic heterocycles. The molecular formula is C19H14N8O. The van der Waals surface area contributed by atoms with Gasteiger partial charge in [-0.1, -0.05) is 18.2 Å². The second kappa shape index (κ2) is 6.23. The Morgan fingerprint density at radius 3 is 2.68 bits per heavy atom. The van der Waals surface area contributed by atoms with E-state index in [-0.39, 0.29) is 5.56 Å². The number of aryl methyl sites for hydroxylation is 1. The van der Waals surface area contributed by atoms with Gasteiger partial charge in [0.2, 0.25) is 11.8 Å². The summed E-state index contributed by atoms with van der Waals surface area (Å²) in [7, 11) is 1.83. The molecule has 5 rings (SSSR count). The van der Waals surface area contributed by atoms with Gasteiger partial charge in [-0.05, 0) is 30.3 Å². The maximum absolute atomic E-state index is 12.2. The Hall–Kier alpha value is -4.14. The Bertz CT molecular complexity index is 1390. The second-order valence-corrected chi connectivity index (χ2v) is 6.14. The molecule has 0 amide bonds. The van der Waals surface area contributed by atoms with Gasteiger partial charge in [0.1, 0.15) is 11.4 Å². The zero-order valence-corrected chi connectivity index (χ0v) is 14.8. The molecule has 9 nitrogen and oxygen atoms in total. The zero-order valence-electron chi connectivity index (χ0n) is 14.8. The van der Waals surface area contributed by atoms with E-state index in [9.17, 15) is 4.79 Å². The Labute approximate surface area is 158 Å². The molecule has 0 saturated heterocycles. The van der Waals surface area contributed by atoms with Gasteiger partial charge in [-0.15, -0.1) is 5.10 Å². The average Bonchev–Trinajstić information content (AvgIpc) is 3.27. The van der Waals surface area contributed by atoms with Crippen molar-refractivity contribution in [2.45, 2.75) is 0 Å². The molecule has 4 aromatic heterocycles. The number of nitrogens with zero attached hydrogens (tertiary/aromatic N) is 7. The maximum atomic E-state index is 12.2. The molecule has 4 heterocycles. The van der Waals surface area contributed by atoms with E-state index in [4.69, 9.17) is 4.98 Å². The Morgan fingerprint density at radius 2 is 1.82 bits per heavy atom. The van der Waals surface area contributed by atoms with Crippen LogP contribution < -0.4 is 10.9 Å². The molecule has 0 aliphatic rings. The standard InChI is InChI=1S/C19H14N8O/c1-26-15(9-11-21-26)16-24-17-12-6-2-3-7-13(12)22-19(27(17)25-16)23-14-8-4-5-10-20-18(14)28/h2-11H,1H3,(H,20,22,23,28). The van der Waals surface area contributed by atoms with Crippen LogP contribution in [0.15, 0.2) is 65.7 Å². The van der Waals surface area contributed by atoms with Crippen molar-refractivity contribution in [3.8, 4) is 11.5 Å². The lowest BCUT2D eigenvalue weighted by Crippen LogP contribution is -2.11. The van der Waals surface area contributed by atoms with Crippen molar-refractivity contribution in [3.05, 3.63) is 71.3 Å². The number of rotatable bonds is 3. The quantitative estimate of drug-likeness (QED) is 0.519. The summed E-state index contributed by atoms with van der Waals surface area (Å²) in [6, 6.07) is 14.6. The molecule has 9 heteroatoms. The van der Waals surface area contributed by atoms with Crippen molar-refractivity contribution in [1.82, 2.24) is 34.3 Å². The SMILES string of the molecule is Cn1nccc1-c1nc2c3ccccc3nc(Nc3ccccnc3=O)n2n1. The number of para-hydroxylation sites is 1. The minimum Gasteiger partial charge on any atom is -0.319 e. The molecule has 0 saturated carbocycles. The molecule has 0 unspecified atom stereocenters. The number of aromatic nitrogens is 7. The van der Waals surface area contributed by atoms with E-state index in [1.165, 1.54) is 6.20 Å². The Morgan fingerprint density at radius 1 is 0.964 bits per heavy atom. The van der Waals surface area contributed by atoms with Crippen LogP contribution in [0.3, 0.4) is 0 Å². The Kier molecular flexibility index (Phi) is 3.58. The third-order valence-electron chi connectivity index (χ3n) is 4.36. The fourth-order valence-electron chi connectivity index (χ4n) is 3.01. The first-order valence-corrected chi connectivity index (χ1v) is 8.57. The van der Waals surface area contributed by atoms with Gasteiger partial charge >= 0.3 is 0 Å². The van der Waals surface area contributed by atoms with Crippen molar-refractivity contribution >= 4 is 28.2 Å². The highest BCUT2D eigenvalue weighted by Gasteiger charge is 2.16. The minimum absolute atomic E-state index is 0.298. The van der Waals surface area contributed by atoms with Gasteiger partial charge in [0.25, 0.3) is 5.56 Å². The highest BCUT2D eigenvalue weighted by molar-refractivity contribution is 5.93. The molecular weight excluding hydrogens is 356 g/mol. The monoisotopic (exact) mass is 370 g/mol. The summed E-state index contributed by atoms with van der Waals surface area (Å²) < 4.78 is 3.30. The summed E-state index contributed by atoms with van der Waals surface area (Å²) in [5, 5.41) is 12.7. The molecule has 1 aromatic carbocycles. The molecule has 0 spiro atoms. The van der Waals surface area contributed by atoms with Gasteiger partial charge in [0.05, 0.1) is 5.52 Å². The van der Waals surface area contributed by atoms with E-state index in [0.717, 1.165) is 16.6 Å². The topological polar surface area (TPSA) is 103 Å². The first kappa shape index (κ1) is 16.1. The number of hydrogen-bond donors (Lipinski definition) is 1. The molecule has 28 heavy (non-hydrogen) atoms. The normalized spacial score (nSPS) is 11.2. The largest absolute Gasteiger partial charge is 0.319 e. The highest BCUT2D eigenvalue weighted by atomic mass is 16.1. The van der Waals surface area contributed by atoms with Crippen LogP contribution in [0, 0.1) is 0 Å². The van der Waals surface area contributed by atoms with Gasteiger partial charge < -0.3 is 5.32 Å². The van der Waals surface area contributed by atoms with E-state index in [0.29, 0.717) is 23.1 Å². The summed E-state index contributed by atoms with van der Waals surface area (Å²) in [4.78, 5) is 25.4. The van der Waals surface area contributed by atoms with E-state index < -0.39 is 0 Å². The van der Waals surface area contributed by atoms with Crippen molar-refractivity contribution < 1.29 is 0 Å². The number of benzene rings is 1. The fourth-order valence-corrected chi connectivity index (χ4v) is 3.01. The lowest BCUT2D eigenvalue weighted by Gasteiger charge is -2.07. The van der Waals surface area contributed by atoms with Crippen LogP contribution in [-0.2, 0) is 7.05 Å². The van der Waals surface area contributed by atoms with Gasteiger partial charge in [-0.2, -0.15) is 9.61 Å². The van der Waals surface area contributed by atoms with Crippen LogP contribution in [0.5, 0.6) is 0 Å². The van der Waals surface area contributed by atoms with Crippen molar-refractivity contribution in [1.29, 1.82) is 0 Å². The number of anilines is 2. The molecule has 0 aliphatic carbocycles. The number of nitrogens with one attached hydrogen (secondary N) is 1. The predicted molar refractivity (Wildman–Crippen MR) is 104 cm³/mol. The molecule has 0 radical (unpaired) electrons. The van der Waals surface area contributed by atoms with E-state index in [1.54, 1.807) is 33.6 Å². The van der Waals surface area contributed by atoms with Crippen LogP contribution in [0.1, 0.15) is 0 Å². The van der Waals surface area contributed by atoms with Crippen LogP contribution in [0.4, 0.5) is 11.6 Å². The third-order valence-corrected chi connectivity index (χ3v) is 4.36. The predicted octanol–water partition coefficient (Wildman–Crippen LogP) is 2.18. The van der Waals surface area contributed by atoms with Gasteiger partial charge in [0, 0.05) is 24.8 Å². The molecule has 136 valence electrons. The molecule has 5 aromatic rings. The first-order chi connectivity index (χ1) is 13.7. The van der Waals surface area contributed by atoms with Gasteiger partial charge in [0.15, 0.2) is 5.65 Å². The van der Waals surface area contributed by atoms with Crippen molar-refractivity contribution in [2.75, 3.05) is 5.32 Å². The minimum atomic E-state index is -0.389. The van der Waals surface area contributed by atoms with Crippen molar-refractivity contribution in [3.63, 3.8) is 0 Å². The lowest BCUT2D eigenvalue weighted by atomic mass is 10.2. The molecule has 0 bridgehead atoms. The van der Waals surface area contributed by atoms with Crippen LogP contribution >= 0.6 is 0 Å². The first-order valence-electron chi connectivity index (χ1n) is 8.57. The fraction of sp³-hybridized carbons (Fsp3) is 0.0526. The summed E-state index contributed by atoms with van der Waals surface area (Å²) in [5.74, 6) is 0.889. The number of hydrogen-bond acceptors (Lipinski definition) is 7. The van der Waals surface area contributed by atoms with Gasteiger partial charge in [-0.3, -0.25) is 9.48 Å². The molecule has 0 atom stereocenters. The highest BCUT2D eigenvalue weighted by Crippen LogP contribution is 2.24. The van der Waals surface area contributed by atoms with Crippen LogP contribution in [0.2, 0.25) is 0 Å². The molecule has 0 fully saturated rings. The van der Waals surface area contributed by atoms with Crippen LogP contribution in [-0.4, -0.2) is 34.3 Å². The van der Waals surface area contributed by atoms with Crippen molar-refractivity contribution in [2.24, 2.45) is 7.05 Å². The summed E-state index contributed by atoms with van der Waals surface area (Å²) >= 11 is 0. The lowest BCUT2D eigenvalue weighted by molar-refractivity contribution is 0.769. The summed E-state index contributed by atoms with van der Waals surface area (Å²) in [6.45, 7) is 0. The van der Waals surface area contributed by atoms with E-state index in [1.807, 2.05) is 37.4 Å². The Balaban J connectivity index is 1.78. The summed E-state index contributed by atoms with van der Waals surface area (Å²) in [6.07, 6.45) is 3.14. The number of fused-ring (bicyclic) bond motifs is 3. The average molecular weight is 370 g/mol. The maximum Gasteiger partial charge on any atom is 0.293 e. The van der Waals surface area contributed by atoms with E-state index >= 15 is 0 Å². The van der Waals surface area contributed by atoms with Gasteiger partial charge in [-0.25, -0.2) is 15.0 Å². The second-order valence-electron chi connectivity index (χ2n) is 6.14. The zero-order chi connectivity index (χ0) is 19.1. The molecule has 1 N–H and O–H groups in total.